The van der Waals surface area contributed by atoms with Crippen molar-refractivity contribution in [3.05, 3.63) is 129 Å². The van der Waals surface area contributed by atoms with Gasteiger partial charge in [0, 0.05) is 22.2 Å². The van der Waals surface area contributed by atoms with Gasteiger partial charge in [-0.3, -0.25) is 4.79 Å². The summed E-state index contributed by atoms with van der Waals surface area (Å²) < 4.78 is 0. The molecule has 0 spiro atoms. The van der Waals surface area contributed by atoms with Crippen molar-refractivity contribution in [2.75, 3.05) is 5.32 Å². The van der Waals surface area contributed by atoms with E-state index in [2.05, 4.69) is 126 Å². The number of ketones is 1. The van der Waals surface area contributed by atoms with Crippen LogP contribution in [0.3, 0.4) is 0 Å². The minimum Gasteiger partial charge on any atom is -0.506 e. The quantitative estimate of drug-likeness (QED) is 0.223. The number of aliphatic hydroxyl groups is 1. The number of hydrogen-bond acceptors (Lipinski definition) is 3. The summed E-state index contributed by atoms with van der Waals surface area (Å²) in [7, 11) is 0. The number of aliphatic hydroxyl groups excluding tert-OH is 1. The largest absolute Gasteiger partial charge is 0.506 e. The fourth-order valence-corrected chi connectivity index (χ4v) is 8.19. The smallest absolute Gasteiger partial charge is 0.201 e. The zero-order chi connectivity index (χ0) is 31.0. The maximum absolute atomic E-state index is 14.3. The van der Waals surface area contributed by atoms with Crippen LogP contribution < -0.4 is 5.32 Å². The summed E-state index contributed by atoms with van der Waals surface area (Å²) in [5.41, 5.74) is 9.25. The van der Waals surface area contributed by atoms with E-state index < -0.39 is 0 Å². The Balaban J connectivity index is 1.38. The number of hydrogen-bond donors (Lipinski definition) is 2. The number of carbonyl (C=O) groups is 1. The van der Waals surface area contributed by atoms with E-state index in [1.807, 2.05) is 0 Å². The second-order valence-corrected chi connectivity index (χ2v) is 13.7. The summed E-state index contributed by atoms with van der Waals surface area (Å²) >= 11 is 0. The molecule has 0 saturated carbocycles. The predicted molar refractivity (Wildman–Crippen MR) is 184 cm³/mol. The Morgan fingerprint density at radius 3 is 1.95 bits per heavy atom. The zero-order valence-electron chi connectivity index (χ0n) is 26.7. The third kappa shape index (κ3) is 3.91. The molecular weight excluding hydrogens is 538 g/mol. The average molecular weight is 580 g/mol. The highest BCUT2D eigenvalue weighted by Crippen LogP contribution is 2.54. The van der Waals surface area contributed by atoms with Gasteiger partial charge in [0.1, 0.15) is 5.76 Å². The van der Waals surface area contributed by atoms with E-state index >= 15 is 0 Å². The van der Waals surface area contributed by atoms with Crippen molar-refractivity contribution in [1.82, 2.24) is 0 Å². The molecule has 4 aromatic rings. The molecule has 2 N–H and O–H groups in total. The van der Waals surface area contributed by atoms with Crippen molar-refractivity contribution in [2.45, 2.75) is 78.1 Å². The third-order valence-electron chi connectivity index (χ3n) is 10.2. The molecule has 3 aliphatic rings. The number of benzene rings is 4. The normalized spacial score (nSPS) is 20.3. The number of allylic oxidation sites excluding steroid dienone is 6. The molecule has 0 unspecified atom stereocenters. The number of fused-ring (bicyclic) bond motifs is 6. The number of rotatable bonds is 6. The van der Waals surface area contributed by atoms with Gasteiger partial charge >= 0.3 is 0 Å². The number of Topliss-reactive ketones (excluding diaryl/α,β-unsaturated/α-hetero) is 1. The molecule has 0 fully saturated rings. The van der Waals surface area contributed by atoms with Gasteiger partial charge in [0.05, 0.1) is 11.1 Å². The highest BCUT2D eigenvalue weighted by Gasteiger charge is 2.46. The lowest BCUT2D eigenvalue weighted by atomic mass is 9.70. The van der Waals surface area contributed by atoms with Gasteiger partial charge in [-0.05, 0) is 73.9 Å². The van der Waals surface area contributed by atoms with Crippen LogP contribution in [0.4, 0.5) is 5.69 Å². The maximum Gasteiger partial charge on any atom is 0.201 e. The number of carbonyl (C=O) groups excluding carboxylic acids is 1. The molecule has 0 atom stereocenters. The van der Waals surface area contributed by atoms with Crippen LogP contribution in [0.2, 0.25) is 0 Å². The number of anilines is 1. The standard InChI is InChI=1S/C41H41NO2/c1-7-13-29(31-23-26-20-19-24-15-9-11-17-27(24)35(26)40(31,3)4)33-37(43)34(38(33)44)30(14-8-2)39-41(5,6)36-28-18-12-10-16-25(28)21-22-32(36)42-39/h9-12,15-23,42-43H,7-8,13-14H2,1-6H3/b33-29+,39-30+. The monoisotopic (exact) mass is 579 g/mol. The topological polar surface area (TPSA) is 49.3 Å². The van der Waals surface area contributed by atoms with Gasteiger partial charge in [0.25, 0.3) is 0 Å². The molecule has 3 heteroatoms. The van der Waals surface area contributed by atoms with Crippen LogP contribution in [-0.4, -0.2) is 10.9 Å². The van der Waals surface area contributed by atoms with Crippen LogP contribution in [0.15, 0.2) is 112 Å². The van der Waals surface area contributed by atoms with Crippen molar-refractivity contribution >= 4 is 39.1 Å². The summed E-state index contributed by atoms with van der Waals surface area (Å²) in [4.78, 5) is 14.3. The molecule has 1 heterocycles. The Kier molecular flexibility index (Phi) is 6.51. The third-order valence-corrected chi connectivity index (χ3v) is 10.2. The van der Waals surface area contributed by atoms with Crippen LogP contribution in [-0.2, 0) is 15.6 Å². The van der Waals surface area contributed by atoms with Crippen molar-refractivity contribution in [3.63, 3.8) is 0 Å². The van der Waals surface area contributed by atoms with Crippen LogP contribution in [0, 0.1) is 0 Å². The molecule has 7 rings (SSSR count). The minimum absolute atomic E-state index is 0.0298. The molecule has 1 aliphatic heterocycles. The Labute approximate surface area is 260 Å². The van der Waals surface area contributed by atoms with E-state index in [1.54, 1.807) is 0 Å². The summed E-state index contributed by atoms with van der Waals surface area (Å²) in [6.07, 6.45) is 5.47. The highest BCUT2D eigenvalue weighted by molar-refractivity contribution is 6.23. The Morgan fingerprint density at radius 2 is 1.32 bits per heavy atom. The first-order chi connectivity index (χ1) is 21.1. The van der Waals surface area contributed by atoms with Crippen molar-refractivity contribution in [2.24, 2.45) is 0 Å². The van der Waals surface area contributed by atoms with Gasteiger partial charge in [0.15, 0.2) is 0 Å². The SMILES string of the molecule is CCC/C(C1=Cc2ccc3ccccc3c2C1(C)C)=C1\C(=O)C(C(/CCC)=C2/Nc3ccc4ccccc4c3C2(C)C)=C1O. The van der Waals surface area contributed by atoms with Crippen LogP contribution >= 0.6 is 0 Å². The van der Waals surface area contributed by atoms with Gasteiger partial charge in [-0.1, -0.05) is 127 Å². The van der Waals surface area contributed by atoms with Gasteiger partial charge in [-0.25, -0.2) is 0 Å². The molecule has 0 saturated heterocycles. The summed E-state index contributed by atoms with van der Waals surface area (Å²) in [5.74, 6) is 0.128. The maximum atomic E-state index is 14.3. The van der Waals surface area contributed by atoms with E-state index in [0.29, 0.717) is 17.6 Å². The minimum atomic E-state index is -0.349. The van der Waals surface area contributed by atoms with Gasteiger partial charge in [-0.2, -0.15) is 0 Å². The van der Waals surface area contributed by atoms with Gasteiger partial charge < -0.3 is 10.4 Å². The predicted octanol–water partition coefficient (Wildman–Crippen LogP) is 10.6. The van der Waals surface area contributed by atoms with E-state index in [-0.39, 0.29) is 22.4 Å². The van der Waals surface area contributed by atoms with Crippen LogP contribution in [0.5, 0.6) is 0 Å². The van der Waals surface area contributed by atoms with E-state index in [0.717, 1.165) is 47.4 Å². The molecule has 222 valence electrons. The van der Waals surface area contributed by atoms with E-state index in [4.69, 9.17) is 0 Å². The lowest BCUT2D eigenvalue weighted by Crippen LogP contribution is -2.30. The Bertz CT molecular complexity index is 2030. The highest BCUT2D eigenvalue weighted by atomic mass is 16.3. The molecule has 0 amide bonds. The van der Waals surface area contributed by atoms with Gasteiger partial charge in [-0.15, -0.1) is 0 Å². The average Bonchev–Trinajstić information content (AvgIpc) is 3.45. The second-order valence-electron chi connectivity index (χ2n) is 13.7. The van der Waals surface area contributed by atoms with Crippen LogP contribution in [0.1, 0.15) is 83.9 Å². The molecule has 0 radical (unpaired) electrons. The van der Waals surface area contributed by atoms with E-state index in [9.17, 15) is 9.90 Å². The lowest BCUT2D eigenvalue weighted by molar-refractivity contribution is -0.113. The first-order valence-corrected chi connectivity index (χ1v) is 16.1. The van der Waals surface area contributed by atoms with Crippen molar-refractivity contribution < 1.29 is 9.90 Å². The first kappa shape index (κ1) is 28.4. The van der Waals surface area contributed by atoms with Crippen molar-refractivity contribution in [3.8, 4) is 0 Å². The van der Waals surface area contributed by atoms with Crippen molar-refractivity contribution in [1.29, 1.82) is 0 Å². The number of nitrogens with one attached hydrogen (secondary N) is 1. The molecule has 4 aromatic carbocycles. The fourth-order valence-electron chi connectivity index (χ4n) is 8.19. The van der Waals surface area contributed by atoms with E-state index in [1.165, 1.54) is 38.2 Å². The Hall–Kier alpha value is -4.37. The second kappa shape index (κ2) is 10.1. The molecule has 44 heavy (non-hydrogen) atoms. The summed E-state index contributed by atoms with van der Waals surface area (Å²) in [6.45, 7) is 13.3. The molecule has 3 nitrogen and oxygen atoms in total. The molecule has 0 bridgehead atoms. The molecule has 2 aliphatic carbocycles. The summed E-state index contributed by atoms with van der Waals surface area (Å²) in [5, 5.41) is 20.5. The zero-order valence-corrected chi connectivity index (χ0v) is 26.7. The molecular formula is C41H41NO2. The lowest BCUT2D eigenvalue weighted by Gasteiger charge is -2.33. The first-order valence-electron chi connectivity index (χ1n) is 16.1. The fraction of sp³-hybridized carbons (Fsp3) is 0.293. The Morgan fingerprint density at radius 1 is 0.727 bits per heavy atom. The van der Waals surface area contributed by atoms with Gasteiger partial charge in [0.2, 0.25) is 5.78 Å². The van der Waals surface area contributed by atoms with Crippen LogP contribution in [0.25, 0.3) is 27.6 Å². The molecule has 0 aromatic heterocycles. The summed E-state index contributed by atoms with van der Waals surface area (Å²) in [6, 6.07) is 25.7.